The molecular formula is C13H15ClO5S. The molecule has 110 valence electrons. The number of hydrogen-bond donors (Lipinski definition) is 0. The fourth-order valence-electron chi connectivity index (χ4n) is 1.91. The summed E-state index contributed by atoms with van der Waals surface area (Å²) in [6.07, 6.45) is 2.78. The van der Waals surface area contributed by atoms with Crippen LogP contribution in [-0.4, -0.2) is 40.0 Å². The topological polar surface area (TPSA) is 69.7 Å². The van der Waals surface area contributed by atoms with Gasteiger partial charge in [-0.05, 0) is 31.0 Å². The number of halogens is 1. The maximum absolute atomic E-state index is 11.9. The second-order valence-corrected chi connectivity index (χ2v) is 7.07. The van der Waals surface area contributed by atoms with Crippen molar-refractivity contribution in [2.45, 2.75) is 23.8 Å². The van der Waals surface area contributed by atoms with Crippen LogP contribution in [0.25, 0.3) is 0 Å². The zero-order valence-electron chi connectivity index (χ0n) is 11.0. The molecule has 0 radical (unpaired) electrons. The van der Waals surface area contributed by atoms with Crippen molar-refractivity contribution in [1.29, 1.82) is 0 Å². The van der Waals surface area contributed by atoms with Crippen molar-refractivity contribution in [2.24, 2.45) is 0 Å². The van der Waals surface area contributed by atoms with E-state index in [2.05, 4.69) is 0 Å². The first-order valence-electron chi connectivity index (χ1n) is 6.16. The van der Waals surface area contributed by atoms with Crippen LogP contribution in [-0.2, 0) is 19.3 Å². The smallest absolute Gasteiger partial charge is 0.339 e. The van der Waals surface area contributed by atoms with E-state index < -0.39 is 15.8 Å². The van der Waals surface area contributed by atoms with Crippen LogP contribution in [0.1, 0.15) is 23.2 Å². The van der Waals surface area contributed by atoms with Crippen LogP contribution in [0.5, 0.6) is 0 Å². The molecule has 1 aromatic carbocycles. The Balaban J connectivity index is 2.12. The highest BCUT2D eigenvalue weighted by molar-refractivity contribution is 7.90. The summed E-state index contributed by atoms with van der Waals surface area (Å²) in [4.78, 5) is 12.0. The monoisotopic (exact) mass is 318 g/mol. The number of carbonyl (C=O) groups excluding carboxylic acids is 1. The van der Waals surface area contributed by atoms with Crippen LogP contribution in [0, 0.1) is 0 Å². The fourth-order valence-corrected chi connectivity index (χ4v) is 2.76. The van der Waals surface area contributed by atoms with Crippen LogP contribution >= 0.6 is 11.6 Å². The van der Waals surface area contributed by atoms with Crippen LogP contribution in [0.2, 0.25) is 5.02 Å². The lowest BCUT2D eigenvalue weighted by atomic mass is 10.2. The van der Waals surface area contributed by atoms with Gasteiger partial charge in [-0.1, -0.05) is 11.6 Å². The maximum atomic E-state index is 11.9. The zero-order chi connectivity index (χ0) is 14.8. The highest BCUT2D eigenvalue weighted by Gasteiger charge is 2.20. The van der Waals surface area contributed by atoms with E-state index >= 15 is 0 Å². The minimum absolute atomic E-state index is 0.0333. The Hall–Kier alpha value is -1.11. The standard InChI is InChI=1S/C13H15ClO5S/c1-20(16,17)10-4-5-12(14)11(7-10)13(15)19-8-9-3-2-6-18-9/h4-5,7,9H,2-3,6,8H2,1H3/t9-/m1/s1. The highest BCUT2D eigenvalue weighted by atomic mass is 35.5. The average molecular weight is 319 g/mol. The van der Waals surface area contributed by atoms with E-state index in [0.29, 0.717) is 6.61 Å². The Kier molecular flexibility index (Phi) is 4.67. The Bertz CT molecular complexity index is 605. The number of benzene rings is 1. The average Bonchev–Trinajstić information content (AvgIpc) is 2.88. The van der Waals surface area contributed by atoms with Gasteiger partial charge in [0, 0.05) is 12.9 Å². The molecule has 1 aromatic rings. The summed E-state index contributed by atoms with van der Waals surface area (Å²) in [7, 11) is -3.40. The molecule has 1 fully saturated rings. The molecule has 7 heteroatoms. The van der Waals surface area contributed by atoms with Gasteiger partial charge in [-0.3, -0.25) is 0 Å². The van der Waals surface area contributed by atoms with Gasteiger partial charge in [-0.15, -0.1) is 0 Å². The third kappa shape index (κ3) is 3.71. The van der Waals surface area contributed by atoms with Crippen molar-refractivity contribution in [3.05, 3.63) is 28.8 Å². The largest absolute Gasteiger partial charge is 0.459 e. The van der Waals surface area contributed by atoms with Gasteiger partial charge in [0.05, 0.1) is 21.6 Å². The summed E-state index contributed by atoms with van der Waals surface area (Å²) in [5, 5.41) is 0.162. The van der Waals surface area contributed by atoms with Gasteiger partial charge >= 0.3 is 5.97 Å². The molecule has 0 aromatic heterocycles. The number of rotatable bonds is 4. The summed E-state index contributed by atoms with van der Waals surface area (Å²) < 4.78 is 33.4. The van der Waals surface area contributed by atoms with Crippen LogP contribution < -0.4 is 0 Å². The van der Waals surface area contributed by atoms with Gasteiger partial charge in [-0.25, -0.2) is 13.2 Å². The molecule has 0 bridgehead atoms. The maximum Gasteiger partial charge on any atom is 0.339 e. The molecule has 1 aliphatic heterocycles. The Morgan fingerprint density at radius 3 is 2.85 bits per heavy atom. The molecule has 1 atom stereocenters. The normalized spacial score (nSPS) is 19.0. The van der Waals surface area contributed by atoms with Crippen molar-refractivity contribution in [3.8, 4) is 0 Å². The quantitative estimate of drug-likeness (QED) is 0.795. The van der Waals surface area contributed by atoms with Gasteiger partial charge < -0.3 is 9.47 Å². The van der Waals surface area contributed by atoms with Gasteiger partial charge in [0.1, 0.15) is 6.61 Å². The molecular weight excluding hydrogens is 304 g/mol. The predicted molar refractivity (Wildman–Crippen MR) is 73.8 cm³/mol. The van der Waals surface area contributed by atoms with Crippen molar-refractivity contribution in [1.82, 2.24) is 0 Å². The van der Waals surface area contributed by atoms with Gasteiger partial charge in [0.15, 0.2) is 9.84 Å². The second-order valence-electron chi connectivity index (χ2n) is 4.65. The number of hydrogen-bond acceptors (Lipinski definition) is 5. The third-order valence-electron chi connectivity index (χ3n) is 3.01. The Labute approximate surface area is 122 Å². The number of ether oxygens (including phenoxy) is 2. The SMILES string of the molecule is CS(=O)(=O)c1ccc(Cl)c(C(=O)OC[C@H]2CCCO2)c1. The van der Waals surface area contributed by atoms with E-state index in [1.54, 1.807) is 0 Å². The van der Waals surface area contributed by atoms with Gasteiger partial charge in [-0.2, -0.15) is 0 Å². The van der Waals surface area contributed by atoms with E-state index in [0.717, 1.165) is 19.1 Å². The van der Waals surface area contributed by atoms with Crippen molar-refractivity contribution in [3.63, 3.8) is 0 Å². The van der Waals surface area contributed by atoms with Gasteiger partial charge in [0.2, 0.25) is 0 Å². The Morgan fingerprint density at radius 2 is 2.25 bits per heavy atom. The zero-order valence-corrected chi connectivity index (χ0v) is 12.5. The van der Waals surface area contributed by atoms with Crippen molar-refractivity contribution < 1.29 is 22.7 Å². The summed E-state index contributed by atoms with van der Waals surface area (Å²) in [6.45, 7) is 0.824. The van der Waals surface area contributed by atoms with E-state index in [9.17, 15) is 13.2 Å². The molecule has 5 nitrogen and oxygen atoms in total. The van der Waals surface area contributed by atoms with Crippen LogP contribution in [0.4, 0.5) is 0 Å². The number of carbonyl (C=O) groups is 1. The fraction of sp³-hybridized carbons (Fsp3) is 0.462. The molecule has 0 saturated carbocycles. The molecule has 20 heavy (non-hydrogen) atoms. The minimum Gasteiger partial charge on any atom is -0.459 e. The lowest BCUT2D eigenvalue weighted by Gasteiger charge is -2.11. The summed E-state index contributed by atoms with van der Waals surface area (Å²) >= 11 is 5.91. The molecule has 0 aliphatic carbocycles. The highest BCUT2D eigenvalue weighted by Crippen LogP contribution is 2.22. The molecule has 1 saturated heterocycles. The molecule has 1 aliphatic rings. The molecule has 0 unspecified atom stereocenters. The third-order valence-corrected chi connectivity index (χ3v) is 4.45. The summed E-state index contributed by atoms with van der Waals surface area (Å²) in [6, 6.07) is 3.96. The predicted octanol–water partition coefficient (Wildman–Crippen LogP) is 2.08. The Morgan fingerprint density at radius 1 is 1.50 bits per heavy atom. The van der Waals surface area contributed by atoms with E-state index in [-0.39, 0.29) is 28.2 Å². The second kappa shape index (κ2) is 6.11. The molecule has 0 N–H and O–H groups in total. The molecule has 0 spiro atoms. The van der Waals surface area contributed by atoms with Crippen LogP contribution in [0.15, 0.2) is 23.1 Å². The summed E-state index contributed by atoms with van der Waals surface area (Å²) in [5.41, 5.74) is 0.0487. The van der Waals surface area contributed by atoms with Crippen LogP contribution in [0.3, 0.4) is 0 Å². The van der Waals surface area contributed by atoms with E-state index in [1.807, 2.05) is 0 Å². The van der Waals surface area contributed by atoms with Gasteiger partial charge in [0.25, 0.3) is 0 Å². The first-order valence-corrected chi connectivity index (χ1v) is 8.43. The summed E-state index contributed by atoms with van der Waals surface area (Å²) in [5.74, 6) is -0.643. The molecule has 1 heterocycles. The van der Waals surface area contributed by atoms with E-state index in [1.165, 1.54) is 18.2 Å². The van der Waals surface area contributed by atoms with Crippen molar-refractivity contribution >= 4 is 27.4 Å². The minimum atomic E-state index is -3.40. The number of esters is 1. The first-order chi connectivity index (χ1) is 9.38. The first kappa shape index (κ1) is 15.3. The number of sulfone groups is 1. The lowest BCUT2D eigenvalue weighted by molar-refractivity contribution is 0.0161. The molecule has 2 rings (SSSR count). The lowest BCUT2D eigenvalue weighted by Crippen LogP contribution is -2.18. The van der Waals surface area contributed by atoms with Crippen molar-refractivity contribution in [2.75, 3.05) is 19.5 Å². The van der Waals surface area contributed by atoms with E-state index in [4.69, 9.17) is 21.1 Å². The molecule has 0 amide bonds.